The van der Waals surface area contributed by atoms with Gasteiger partial charge in [0.2, 0.25) is 0 Å². The summed E-state index contributed by atoms with van der Waals surface area (Å²) >= 11 is 0. The van der Waals surface area contributed by atoms with Gasteiger partial charge in [-0.15, -0.1) is 0 Å². The number of aromatic nitrogens is 1. The quantitative estimate of drug-likeness (QED) is 0.335. The van der Waals surface area contributed by atoms with Crippen molar-refractivity contribution in [2.75, 3.05) is 0 Å². The van der Waals surface area contributed by atoms with Gasteiger partial charge in [-0.2, -0.15) is 5.26 Å². The lowest BCUT2D eigenvalue weighted by molar-refractivity contribution is 0.105. The number of benzene rings is 1. The molecule has 1 N–H and O–H groups in total. The number of fused-ring (bicyclic) bond motifs is 1. The van der Waals surface area contributed by atoms with E-state index in [1.54, 1.807) is 0 Å². The lowest BCUT2D eigenvalue weighted by atomic mass is 9.71. The standard InChI is InChI=1S/C36H52N2O2Si/c1-23(2)32-31(33(39)25-16-18-26(19-17-25)36(8,9)22-37)29(24-14-12-13-15-24)30-27(38-32)20-35(6,7)21-28(30)40-41(10,11)34(3,4)5/h14,16-19,23,28,33,39H,12-13,15,20-21H2,1-11H3/t28-,33?/m0/s1. The molecular weight excluding hydrogens is 520 g/mol. The fraction of sp³-hybridized carbons (Fsp3) is 0.611. The van der Waals surface area contributed by atoms with Crippen molar-refractivity contribution in [2.24, 2.45) is 5.41 Å². The number of allylic oxidation sites excluding steroid dienone is 2. The lowest BCUT2D eigenvalue weighted by Crippen LogP contribution is -2.44. The zero-order chi connectivity index (χ0) is 30.5. The smallest absolute Gasteiger partial charge is 0.192 e. The molecule has 0 saturated heterocycles. The van der Waals surface area contributed by atoms with Crippen molar-refractivity contribution in [1.82, 2.24) is 4.98 Å². The van der Waals surface area contributed by atoms with Crippen LogP contribution in [0.4, 0.5) is 0 Å². The van der Waals surface area contributed by atoms with Crippen molar-refractivity contribution in [3.63, 3.8) is 0 Å². The second kappa shape index (κ2) is 11.1. The van der Waals surface area contributed by atoms with Gasteiger partial charge in [-0.1, -0.05) is 78.8 Å². The van der Waals surface area contributed by atoms with Crippen molar-refractivity contribution in [3.05, 3.63) is 69.5 Å². The molecule has 0 bridgehead atoms. The predicted molar refractivity (Wildman–Crippen MR) is 172 cm³/mol. The third-order valence-electron chi connectivity index (χ3n) is 9.74. The zero-order valence-electron chi connectivity index (χ0n) is 27.4. The average Bonchev–Trinajstić information content (AvgIpc) is 3.40. The number of aliphatic hydroxyl groups excluding tert-OH is 1. The van der Waals surface area contributed by atoms with E-state index >= 15 is 0 Å². The van der Waals surface area contributed by atoms with E-state index in [0.29, 0.717) is 0 Å². The van der Waals surface area contributed by atoms with Gasteiger partial charge >= 0.3 is 0 Å². The van der Waals surface area contributed by atoms with Crippen LogP contribution in [-0.2, 0) is 16.3 Å². The summed E-state index contributed by atoms with van der Waals surface area (Å²) in [5, 5.41) is 21.9. The molecule has 222 valence electrons. The topological polar surface area (TPSA) is 66.1 Å². The van der Waals surface area contributed by atoms with Crippen LogP contribution in [0.2, 0.25) is 18.1 Å². The fourth-order valence-corrected chi connectivity index (χ4v) is 7.47. The van der Waals surface area contributed by atoms with Crippen LogP contribution in [0.1, 0.15) is 145 Å². The van der Waals surface area contributed by atoms with Crippen LogP contribution >= 0.6 is 0 Å². The Bertz CT molecular complexity index is 1350. The summed E-state index contributed by atoms with van der Waals surface area (Å²) in [6.07, 6.45) is 6.59. The molecule has 4 rings (SSSR count). The number of pyridine rings is 1. The number of aliphatic hydroxyl groups is 1. The van der Waals surface area contributed by atoms with E-state index in [4.69, 9.17) is 9.41 Å². The van der Waals surface area contributed by atoms with E-state index in [1.807, 2.05) is 38.1 Å². The van der Waals surface area contributed by atoms with E-state index < -0.39 is 19.8 Å². The highest BCUT2D eigenvalue weighted by Gasteiger charge is 2.45. The van der Waals surface area contributed by atoms with Gasteiger partial charge < -0.3 is 9.53 Å². The Morgan fingerprint density at radius 2 is 1.73 bits per heavy atom. The molecule has 2 aliphatic rings. The first-order valence-corrected chi connectivity index (χ1v) is 18.4. The first-order chi connectivity index (χ1) is 18.9. The molecule has 2 atom stereocenters. The fourth-order valence-electron chi connectivity index (χ4n) is 6.20. The minimum Gasteiger partial charge on any atom is -0.410 e. The highest BCUT2D eigenvalue weighted by atomic mass is 28.4. The van der Waals surface area contributed by atoms with E-state index in [0.717, 1.165) is 60.2 Å². The van der Waals surface area contributed by atoms with Crippen molar-refractivity contribution in [1.29, 1.82) is 5.26 Å². The molecule has 0 amide bonds. The van der Waals surface area contributed by atoms with Crippen LogP contribution in [0.15, 0.2) is 30.3 Å². The summed E-state index contributed by atoms with van der Waals surface area (Å²) in [5.74, 6) is 0.160. The molecule has 4 nitrogen and oxygen atoms in total. The van der Waals surface area contributed by atoms with Crippen LogP contribution in [0.5, 0.6) is 0 Å². The minimum atomic E-state index is -2.09. The SMILES string of the molecule is CC(C)c1nc2c(c(C3=CCCC3)c1C(O)c1ccc(C(C)(C)C#N)cc1)[C@@H](O[Si](C)(C)C(C)(C)C)CC(C)(C)C2. The number of nitrogens with zero attached hydrogens (tertiary/aromatic N) is 2. The Morgan fingerprint density at radius 3 is 2.24 bits per heavy atom. The van der Waals surface area contributed by atoms with Crippen molar-refractivity contribution in [3.8, 4) is 6.07 Å². The molecule has 0 saturated carbocycles. The molecule has 1 aromatic carbocycles. The maximum atomic E-state index is 12.2. The van der Waals surface area contributed by atoms with Gasteiger partial charge in [-0.25, -0.2) is 0 Å². The maximum Gasteiger partial charge on any atom is 0.192 e. The zero-order valence-corrected chi connectivity index (χ0v) is 28.4. The average molecular weight is 573 g/mol. The molecule has 0 spiro atoms. The number of hydrogen-bond donors (Lipinski definition) is 1. The third-order valence-corrected chi connectivity index (χ3v) is 14.2. The molecule has 1 heterocycles. The second-order valence-corrected chi connectivity index (χ2v) is 20.4. The van der Waals surface area contributed by atoms with Crippen LogP contribution in [0.25, 0.3) is 5.57 Å². The van der Waals surface area contributed by atoms with Crippen molar-refractivity contribution < 1.29 is 9.53 Å². The van der Waals surface area contributed by atoms with Gasteiger partial charge in [0.1, 0.15) is 6.10 Å². The van der Waals surface area contributed by atoms with Crippen molar-refractivity contribution >= 4 is 13.9 Å². The van der Waals surface area contributed by atoms with Crippen LogP contribution in [0.3, 0.4) is 0 Å². The highest BCUT2D eigenvalue weighted by Crippen LogP contribution is 2.52. The normalized spacial score (nSPS) is 20.0. The first-order valence-electron chi connectivity index (χ1n) is 15.5. The van der Waals surface area contributed by atoms with E-state index in [9.17, 15) is 10.4 Å². The molecule has 1 unspecified atom stereocenters. The summed E-state index contributed by atoms with van der Waals surface area (Å²) < 4.78 is 7.27. The Kier molecular flexibility index (Phi) is 8.57. The Balaban J connectivity index is 1.98. The number of rotatable bonds is 7. The van der Waals surface area contributed by atoms with E-state index in [-0.39, 0.29) is 22.5 Å². The minimum absolute atomic E-state index is 0.0513. The maximum absolute atomic E-state index is 12.2. The highest BCUT2D eigenvalue weighted by molar-refractivity contribution is 6.74. The molecule has 0 aliphatic heterocycles. The summed E-state index contributed by atoms with van der Waals surface area (Å²) in [7, 11) is -2.09. The van der Waals surface area contributed by atoms with Gasteiger partial charge in [0.15, 0.2) is 8.32 Å². The summed E-state index contributed by atoms with van der Waals surface area (Å²) in [6.45, 7) is 24.5. The van der Waals surface area contributed by atoms with E-state index in [1.165, 1.54) is 16.7 Å². The molecule has 41 heavy (non-hydrogen) atoms. The Labute approximate surface area is 250 Å². The largest absolute Gasteiger partial charge is 0.410 e. The molecular formula is C36H52N2O2Si. The number of hydrogen-bond acceptors (Lipinski definition) is 4. The summed E-state index contributed by atoms with van der Waals surface area (Å²) in [5.41, 5.74) is 8.13. The monoisotopic (exact) mass is 572 g/mol. The van der Waals surface area contributed by atoms with Gasteiger partial charge in [0, 0.05) is 22.5 Å². The Hall–Kier alpha value is -2.26. The molecule has 2 aliphatic carbocycles. The van der Waals surface area contributed by atoms with Crippen LogP contribution < -0.4 is 0 Å². The molecule has 1 aromatic heterocycles. The first kappa shape index (κ1) is 31.7. The van der Waals surface area contributed by atoms with Crippen LogP contribution in [-0.4, -0.2) is 18.4 Å². The number of nitriles is 1. The van der Waals surface area contributed by atoms with Crippen molar-refractivity contribution in [2.45, 2.75) is 136 Å². The molecule has 0 fully saturated rings. The molecule has 0 radical (unpaired) electrons. The molecule has 5 heteroatoms. The van der Waals surface area contributed by atoms with Gasteiger partial charge in [0.05, 0.1) is 17.6 Å². The van der Waals surface area contributed by atoms with Gasteiger partial charge in [-0.3, -0.25) is 4.98 Å². The summed E-state index contributed by atoms with van der Waals surface area (Å²) in [4.78, 5) is 5.40. The Morgan fingerprint density at radius 1 is 1.10 bits per heavy atom. The van der Waals surface area contributed by atoms with Gasteiger partial charge in [-0.05, 0) is 97.7 Å². The second-order valence-electron chi connectivity index (χ2n) is 15.6. The lowest BCUT2D eigenvalue weighted by Gasteiger charge is -2.45. The van der Waals surface area contributed by atoms with Crippen LogP contribution in [0, 0.1) is 16.7 Å². The molecule has 2 aromatic rings. The third kappa shape index (κ3) is 6.26. The van der Waals surface area contributed by atoms with Gasteiger partial charge in [0.25, 0.3) is 0 Å². The summed E-state index contributed by atoms with van der Waals surface area (Å²) in [6, 6.07) is 10.3. The van der Waals surface area contributed by atoms with E-state index in [2.05, 4.69) is 73.7 Å². The predicted octanol–water partition coefficient (Wildman–Crippen LogP) is 9.69.